The molecule has 0 spiro atoms. The van der Waals surface area contributed by atoms with Crippen LogP contribution >= 0.6 is 0 Å². The predicted molar refractivity (Wildman–Crippen MR) is 71.4 cm³/mol. The number of aryl methyl sites for hydroxylation is 1. The first kappa shape index (κ1) is 11.4. The second-order valence-corrected chi connectivity index (χ2v) is 4.95. The molecule has 0 saturated carbocycles. The van der Waals surface area contributed by atoms with Crippen molar-refractivity contribution in [3.8, 4) is 11.5 Å². The van der Waals surface area contributed by atoms with Crippen LogP contribution in [0.15, 0.2) is 12.1 Å². The van der Waals surface area contributed by atoms with E-state index in [-0.39, 0.29) is 6.04 Å². The van der Waals surface area contributed by atoms with E-state index in [0.29, 0.717) is 13.2 Å². The van der Waals surface area contributed by atoms with Crippen LogP contribution < -0.4 is 15.2 Å². The largest absolute Gasteiger partial charge is 0.486 e. The Kier molecular flexibility index (Phi) is 2.67. The summed E-state index contributed by atoms with van der Waals surface area (Å²) in [6, 6.07) is 4.22. The minimum Gasteiger partial charge on any atom is -0.486 e. The van der Waals surface area contributed by atoms with Gasteiger partial charge in [-0.15, -0.1) is 0 Å². The van der Waals surface area contributed by atoms with Crippen LogP contribution in [0.1, 0.15) is 18.2 Å². The monoisotopic (exact) mass is 246 g/mol. The summed E-state index contributed by atoms with van der Waals surface area (Å²) in [6.45, 7) is 5.34. The Morgan fingerprint density at radius 1 is 1.28 bits per heavy atom. The SMILES string of the molecule is Cc1[nH]c2cc3c(cc2c1CC(C)N)OCCO3. The Labute approximate surface area is 106 Å². The number of aromatic nitrogens is 1. The Balaban J connectivity index is 2.15. The van der Waals surface area contributed by atoms with Crippen LogP contribution in [0.3, 0.4) is 0 Å². The summed E-state index contributed by atoms with van der Waals surface area (Å²) < 4.78 is 11.2. The maximum absolute atomic E-state index is 5.91. The topological polar surface area (TPSA) is 60.3 Å². The van der Waals surface area contributed by atoms with Gasteiger partial charge in [0.25, 0.3) is 0 Å². The quantitative estimate of drug-likeness (QED) is 0.853. The number of hydrogen-bond acceptors (Lipinski definition) is 3. The highest BCUT2D eigenvalue weighted by atomic mass is 16.6. The second kappa shape index (κ2) is 4.21. The number of benzene rings is 1. The molecule has 4 nitrogen and oxygen atoms in total. The van der Waals surface area contributed by atoms with Crippen molar-refractivity contribution in [3.05, 3.63) is 23.4 Å². The molecule has 0 fully saturated rings. The molecule has 2 aromatic rings. The van der Waals surface area contributed by atoms with Crippen molar-refractivity contribution in [1.82, 2.24) is 4.98 Å². The molecule has 1 aliphatic heterocycles. The first-order valence-corrected chi connectivity index (χ1v) is 6.31. The molecule has 0 radical (unpaired) electrons. The number of H-pyrrole nitrogens is 1. The van der Waals surface area contributed by atoms with Gasteiger partial charge in [0.05, 0.1) is 0 Å². The van der Waals surface area contributed by atoms with Gasteiger partial charge < -0.3 is 20.2 Å². The van der Waals surface area contributed by atoms with Gasteiger partial charge in [-0.3, -0.25) is 0 Å². The maximum atomic E-state index is 5.91. The Morgan fingerprint density at radius 2 is 1.94 bits per heavy atom. The summed E-state index contributed by atoms with van der Waals surface area (Å²) in [5, 5.41) is 1.19. The lowest BCUT2D eigenvalue weighted by atomic mass is 10.0. The summed E-state index contributed by atoms with van der Waals surface area (Å²) in [5.74, 6) is 1.65. The van der Waals surface area contributed by atoms with Gasteiger partial charge in [0.2, 0.25) is 0 Å². The average Bonchev–Trinajstić information content (AvgIpc) is 2.62. The number of aromatic amines is 1. The van der Waals surface area contributed by atoms with Crippen LogP contribution in [-0.2, 0) is 6.42 Å². The van der Waals surface area contributed by atoms with Gasteiger partial charge in [-0.05, 0) is 31.9 Å². The summed E-state index contributed by atoms with van der Waals surface area (Å²) in [7, 11) is 0. The molecule has 1 aromatic carbocycles. The number of ether oxygens (including phenoxy) is 2. The molecule has 3 N–H and O–H groups in total. The van der Waals surface area contributed by atoms with Crippen molar-refractivity contribution in [2.75, 3.05) is 13.2 Å². The summed E-state index contributed by atoms with van der Waals surface area (Å²) in [4.78, 5) is 3.39. The van der Waals surface area contributed by atoms with Gasteiger partial charge in [0.1, 0.15) is 13.2 Å². The van der Waals surface area contributed by atoms with Crippen LogP contribution in [0, 0.1) is 6.92 Å². The van der Waals surface area contributed by atoms with Gasteiger partial charge in [-0.2, -0.15) is 0 Å². The Bertz CT molecular complexity index is 587. The van der Waals surface area contributed by atoms with E-state index in [0.717, 1.165) is 23.4 Å². The fourth-order valence-electron chi connectivity index (χ4n) is 2.51. The highest BCUT2D eigenvalue weighted by Crippen LogP contribution is 2.36. The lowest BCUT2D eigenvalue weighted by molar-refractivity contribution is 0.172. The number of hydrogen-bond donors (Lipinski definition) is 2. The van der Waals surface area contributed by atoms with Crippen LogP contribution in [-0.4, -0.2) is 24.2 Å². The molecular weight excluding hydrogens is 228 g/mol. The molecule has 96 valence electrons. The van der Waals surface area contributed by atoms with Gasteiger partial charge in [0, 0.05) is 28.7 Å². The molecule has 0 aliphatic carbocycles. The molecule has 2 heterocycles. The molecule has 1 aliphatic rings. The molecule has 1 aromatic heterocycles. The van der Waals surface area contributed by atoms with E-state index in [1.807, 2.05) is 13.0 Å². The minimum atomic E-state index is 0.149. The van der Waals surface area contributed by atoms with Crippen molar-refractivity contribution >= 4 is 10.9 Å². The molecule has 1 unspecified atom stereocenters. The fourth-order valence-corrected chi connectivity index (χ4v) is 2.51. The van der Waals surface area contributed by atoms with Gasteiger partial charge in [-0.25, -0.2) is 0 Å². The van der Waals surface area contributed by atoms with Crippen LogP contribution in [0.2, 0.25) is 0 Å². The lowest BCUT2D eigenvalue weighted by Gasteiger charge is -2.18. The molecule has 0 amide bonds. The van der Waals surface area contributed by atoms with Gasteiger partial charge in [-0.1, -0.05) is 0 Å². The van der Waals surface area contributed by atoms with Gasteiger partial charge >= 0.3 is 0 Å². The van der Waals surface area contributed by atoms with Crippen LogP contribution in [0.5, 0.6) is 11.5 Å². The smallest absolute Gasteiger partial charge is 0.163 e. The summed E-state index contributed by atoms with van der Waals surface area (Å²) in [5.41, 5.74) is 9.45. The average molecular weight is 246 g/mol. The number of fused-ring (bicyclic) bond motifs is 2. The zero-order chi connectivity index (χ0) is 12.7. The molecule has 0 saturated heterocycles. The van der Waals surface area contributed by atoms with E-state index in [4.69, 9.17) is 15.2 Å². The zero-order valence-electron chi connectivity index (χ0n) is 10.7. The third-order valence-electron chi connectivity index (χ3n) is 3.31. The fraction of sp³-hybridized carbons (Fsp3) is 0.429. The van der Waals surface area contributed by atoms with Crippen molar-refractivity contribution in [3.63, 3.8) is 0 Å². The van der Waals surface area contributed by atoms with Crippen molar-refractivity contribution < 1.29 is 9.47 Å². The normalized spacial score (nSPS) is 15.9. The summed E-state index contributed by atoms with van der Waals surface area (Å²) in [6.07, 6.45) is 0.867. The maximum Gasteiger partial charge on any atom is 0.163 e. The van der Waals surface area contributed by atoms with E-state index in [1.165, 1.54) is 16.6 Å². The molecule has 18 heavy (non-hydrogen) atoms. The van der Waals surface area contributed by atoms with Crippen LogP contribution in [0.25, 0.3) is 10.9 Å². The number of nitrogens with two attached hydrogens (primary N) is 1. The third-order valence-corrected chi connectivity index (χ3v) is 3.31. The van der Waals surface area contributed by atoms with Crippen molar-refractivity contribution in [2.45, 2.75) is 26.3 Å². The van der Waals surface area contributed by atoms with Gasteiger partial charge in [0.15, 0.2) is 11.5 Å². The van der Waals surface area contributed by atoms with E-state index in [1.54, 1.807) is 0 Å². The Morgan fingerprint density at radius 3 is 2.61 bits per heavy atom. The summed E-state index contributed by atoms with van der Waals surface area (Å²) >= 11 is 0. The number of nitrogens with one attached hydrogen (secondary N) is 1. The highest BCUT2D eigenvalue weighted by Gasteiger charge is 2.17. The minimum absolute atomic E-state index is 0.149. The molecule has 0 bridgehead atoms. The highest BCUT2D eigenvalue weighted by molar-refractivity contribution is 5.88. The molecule has 1 atom stereocenters. The van der Waals surface area contributed by atoms with Crippen LogP contribution in [0.4, 0.5) is 0 Å². The second-order valence-electron chi connectivity index (χ2n) is 4.95. The number of rotatable bonds is 2. The Hall–Kier alpha value is -1.68. The zero-order valence-corrected chi connectivity index (χ0v) is 10.7. The first-order valence-electron chi connectivity index (χ1n) is 6.31. The molecular formula is C14H18N2O2. The molecule has 3 rings (SSSR count). The standard InChI is InChI=1S/C14H18N2O2/c1-8(15)5-10-9(2)16-12-7-14-13(6-11(10)12)17-3-4-18-14/h6-8,16H,3-5,15H2,1-2H3. The van der Waals surface area contributed by atoms with E-state index in [2.05, 4.69) is 18.0 Å². The van der Waals surface area contributed by atoms with E-state index < -0.39 is 0 Å². The van der Waals surface area contributed by atoms with E-state index in [9.17, 15) is 0 Å². The lowest BCUT2D eigenvalue weighted by Crippen LogP contribution is -2.18. The van der Waals surface area contributed by atoms with Crippen molar-refractivity contribution in [2.24, 2.45) is 5.73 Å². The predicted octanol–water partition coefficient (Wildman–Crippen LogP) is 2.14. The third kappa shape index (κ3) is 1.82. The first-order chi connectivity index (χ1) is 8.65. The molecule has 4 heteroatoms. The van der Waals surface area contributed by atoms with Crippen molar-refractivity contribution in [1.29, 1.82) is 0 Å². The van der Waals surface area contributed by atoms with E-state index >= 15 is 0 Å².